The fourth-order valence-electron chi connectivity index (χ4n) is 4.58. The summed E-state index contributed by atoms with van der Waals surface area (Å²) >= 11 is 12.0. The number of hydrogen-bond donors (Lipinski definition) is 2. The summed E-state index contributed by atoms with van der Waals surface area (Å²) in [5.41, 5.74) is -0.0425. The predicted octanol–water partition coefficient (Wildman–Crippen LogP) is 2.71. The Morgan fingerprint density at radius 1 is 1.12 bits per heavy atom. The van der Waals surface area contributed by atoms with E-state index < -0.39 is 29.2 Å². The maximum atomic E-state index is 13.3. The number of halogens is 2. The van der Waals surface area contributed by atoms with Gasteiger partial charge in [0.15, 0.2) is 11.2 Å². The van der Waals surface area contributed by atoms with Crippen molar-refractivity contribution in [1.82, 2.24) is 18.7 Å². The van der Waals surface area contributed by atoms with E-state index in [1.807, 2.05) is 0 Å². The molecule has 0 aliphatic heterocycles. The fraction of sp³-hybridized carbons (Fsp3) is 0.455. The number of carbonyl (C=O) groups is 1. The first kappa shape index (κ1) is 23.5. The normalized spacial score (nSPS) is 19.7. The molecule has 3 aromatic rings. The minimum atomic E-state index is -0.977. The third-order valence-corrected chi connectivity index (χ3v) is 7.29. The van der Waals surface area contributed by atoms with Crippen LogP contribution in [0.15, 0.2) is 27.8 Å². The van der Waals surface area contributed by atoms with E-state index in [0.717, 1.165) is 4.57 Å². The molecule has 1 aromatic carbocycles. The van der Waals surface area contributed by atoms with E-state index in [0.29, 0.717) is 41.3 Å². The molecule has 1 unspecified atom stereocenters. The maximum Gasteiger partial charge on any atom is 0.332 e. The number of rotatable bonds is 5. The van der Waals surface area contributed by atoms with Crippen LogP contribution in [0.1, 0.15) is 43.2 Å². The number of aryl methyl sites for hydroxylation is 2. The molecule has 4 rings (SSSR count). The molecule has 0 bridgehead atoms. The lowest BCUT2D eigenvalue weighted by atomic mass is 9.79. The van der Waals surface area contributed by atoms with Gasteiger partial charge in [-0.25, -0.2) is 9.78 Å². The van der Waals surface area contributed by atoms with Gasteiger partial charge in [0.25, 0.3) is 5.56 Å². The summed E-state index contributed by atoms with van der Waals surface area (Å²) in [6, 6.07) is 4.90. The number of fused-ring (bicyclic) bond motifs is 1. The second kappa shape index (κ2) is 8.96. The zero-order valence-electron chi connectivity index (χ0n) is 18.2. The van der Waals surface area contributed by atoms with Crippen LogP contribution in [0.3, 0.4) is 0 Å². The van der Waals surface area contributed by atoms with E-state index in [2.05, 4.69) is 4.98 Å². The summed E-state index contributed by atoms with van der Waals surface area (Å²) in [7, 11) is 3.16. The second-order valence-corrected chi connectivity index (χ2v) is 9.39. The van der Waals surface area contributed by atoms with Crippen LogP contribution in [0.5, 0.6) is 0 Å². The predicted molar refractivity (Wildman–Crippen MR) is 124 cm³/mol. The minimum Gasteiger partial charge on any atom is -0.481 e. The van der Waals surface area contributed by atoms with Gasteiger partial charge in [0.1, 0.15) is 11.9 Å². The Morgan fingerprint density at radius 3 is 2.39 bits per heavy atom. The topological polar surface area (TPSA) is 119 Å². The van der Waals surface area contributed by atoms with Crippen molar-refractivity contribution in [3.05, 3.63) is 60.5 Å². The number of hydrogen-bond acceptors (Lipinski definition) is 5. The van der Waals surface area contributed by atoms with Crippen LogP contribution in [-0.2, 0) is 25.4 Å². The number of nitrogens with zero attached hydrogens (tertiary/aromatic N) is 4. The van der Waals surface area contributed by atoms with Gasteiger partial charge in [-0.05, 0) is 49.3 Å². The molecule has 11 heteroatoms. The van der Waals surface area contributed by atoms with E-state index in [9.17, 15) is 24.6 Å². The van der Waals surface area contributed by atoms with E-state index in [4.69, 9.17) is 23.2 Å². The molecule has 1 saturated carbocycles. The molecule has 1 atom stereocenters. The molecule has 0 radical (unpaired) electrons. The summed E-state index contributed by atoms with van der Waals surface area (Å²) in [6.07, 6.45) is 1.07. The van der Waals surface area contributed by atoms with Gasteiger partial charge in [-0.1, -0.05) is 29.3 Å². The van der Waals surface area contributed by atoms with Crippen LogP contribution < -0.4 is 11.2 Å². The molecule has 0 amide bonds. The van der Waals surface area contributed by atoms with Crippen molar-refractivity contribution < 1.29 is 15.0 Å². The molecule has 176 valence electrons. The monoisotopic (exact) mass is 494 g/mol. The Kier molecular flexibility index (Phi) is 6.39. The number of aliphatic carboxylic acids is 1. The quantitative estimate of drug-likeness (QED) is 0.562. The van der Waals surface area contributed by atoms with Crippen molar-refractivity contribution in [3.8, 4) is 0 Å². The highest BCUT2D eigenvalue weighted by molar-refractivity contribution is 6.42. The van der Waals surface area contributed by atoms with E-state index >= 15 is 0 Å². The van der Waals surface area contributed by atoms with Gasteiger partial charge in [0, 0.05) is 14.1 Å². The molecule has 2 heterocycles. The van der Waals surface area contributed by atoms with E-state index in [1.165, 1.54) is 16.2 Å². The molecule has 0 spiro atoms. The molecular formula is C22H24Cl2N4O5. The van der Waals surface area contributed by atoms with Crippen LogP contribution in [0.2, 0.25) is 10.0 Å². The first-order valence-electron chi connectivity index (χ1n) is 10.6. The van der Waals surface area contributed by atoms with Crippen molar-refractivity contribution in [3.63, 3.8) is 0 Å². The second-order valence-electron chi connectivity index (χ2n) is 8.58. The zero-order valence-corrected chi connectivity index (χ0v) is 19.7. The Hall–Kier alpha value is -2.62. The van der Waals surface area contributed by atoms with Gasteiger partial charge in [-0.15, -0.1) is 0 Å². The lowest BCUT2D eigenvalue weighted by Gasteiger charge is -2.29. The lowest BCUT2D eigenvalue weighted by molar-refractivity contribution is -0.143. The number of aromatic nitrogens is 4. The summed E-state index contributed by atoms with van der Waals surface area (Å²) in [5.74, 6) is -1.11. The summed E-state index contributed by atoms with van der Waals surface area (Å²) in [5, 5.41) is 20.9. The van der Waals surface area contributed by atoms with Crippen molar-refractivity contribution in [1.29, 1.82) is 0 Å². The molecule has 2 N–H and O–H groups in total. The molecular weight excluding hydrogens is 471 g/mol. The van der Waals surface area contributed by atoms with Crippen LogP contribution in [0.25, 0.3) is 11.2 Å². The molecule has 1 fully saturated rings. The smallest absolute Gasteiger partial charge is 0.332 e. The first-order chi connectivity index (χ1) is 15.6. The highest BCUT2D eigenvalue weighted by Crippen LogP contribution is 2.37. The van der Waals surface area contributed by atoms with Crippen LogP contribution in [0.4, 0.5) is 0 Å². The molecule has 1 aliphatic carbocycles. The SMILES string of the molecule is Cn1c(C(O)C2CCC(C(=O)O)CC2)nc2c1c(=O)n(Cc1ccc(Cl)c(Cl)c1)c(=O)n2C. The first-order valence-corrected chi connectivity index (χ1v) is 11.4. The van der Waals surface area contributed by atoms with E-state index in [-0.39, 0.29) is 29.5 Å². The zero-order chi connectivity index (χ0) is 24.0. The Morgan fingerprint density at radius 2 is 1.79 bits per heavy atom. The van der Waals surface area contributed by atoms with Crippen LogP contribution in [-0.4, -0.2) is 34.9 Å². The number of aliphatic hydroxyl groups is 1. The van der Waals surface area contributed by atoms with Crippen LogP contribution >= 0.6 is 23.2 Å². The van der Waals surface area contributed by atoms with Crippen molar-refractivity contribution >= 4 is 40.3 Å². The Balaban J connectivity index is 1.73. The summed E-state index contributed by atoms with van der Waals surface area (Å²) < 4.78 is 3.90. The number of benzene rings is 1. The van der Waals surface area contributed by atoms with Gasteiger partial charge in [0.2, 0.25) is 0 Å². The molecule has 1 aliphatic rings. The molecule has 2 aromatic heterocycles. The van der Waals surface area contributed by atoms with Crippen molar-refractivity contribution in [2.75, 3.05) is 0 Å². The van der Waals surface area contributed by atoms with E-state index in [1.54, 1.807) is 25.2 Å². The number of imidazole rings is 1. The third-order valence-electron chi connectivity index (χ3n) is 6.55. The lowest BCUT2D eigenvalue weighted by Crippen LogP contribution is -2.39. The van der Waals surface area contributed by atoms with Crippen molar-refractivity contribution in [2.24, 2.45) is 25.9 Å². The molecule has 0 saturated heterocycles. The standard InChI is InChI=1S/C22H24Cl2N4O5/c1-26-16-18(25-19(26)17(29)12-4-6-13(7-5-12)21(31)32)27(2)22(33)28(20(16)30)10-11-3-8-14(23)15(24)9-11/h3,8-9,12-13,17,29H,4-7,10H2,1-2H3,(H,31,32). The van der Waals surface area contributed by atoms with Crippen molar-refractivity contribution in [2.45, 2.75) is 38.3 Å². The van der Waals surface area contributed by atoms with Gasteiger partial charge < -0.3 is 14.8 Å². The van der Waals surface area contributed by atoms with Crippen LogP contribution in [0, 0.1) is 11.8 Å². The third kappa shape index (κ3) is 4.20. The summed E-state index contributed by atoms with van der Waals surface area (Å²) in [6.45, 7) is 0.000599. The molecule has 9 nitrogen and oxygen atoms in total. The summed E-state index contributed by atoms with van der Waals surface area (Å²) in [4.78, 5) is 41.9. The number of carboxylic acid groups (broad SMARTS) is 1. The maximum absolute atomic E-state index is 13.3. The highest BCUT2D eigenvalue weighted by atomic mass is 35.5. The number of carboxylic acids is 1. The van der Waals surface area contributed by atoms with Gasteiger partial charge >= 0.3 is 11.7 Å². The Labute approximate surface area is 198 Å². The average molecular weight is 495 g/mol. The average Bonchev–Trinajstić information content (AvgIpc) is 3.14. The van der Waals surface area contributed by atoms with Gasteiger partial charge in [-0.3, -0.25) is 18.7 Å². The van der Waals surface area contributed by atoms with Gasteiger partial charge in [-0.2, -0.15) is 0 Å². The fourth-order valence-corrected chi connectivity index (χ4v) is 4.90. The van der Waals surface area contributed by atoms with Gasteiger partial charge in [0.05, 0.1) is 22.5 Å². The highest BCUT2D eigenvalue weighted by Gasteiger charge is 2.33. The number of aliphatic hydroxyl groups excluding tert-OH is 1. The minimum absolute atomic E-state index is 0.000599. The largest absolute Gasteiger partial charge is 0.481 e. The Bertz CT molecular complexity index is 1350. The molecule has 33 heavy (non-hydrogen) atoms.